The molecule has 0 saturated carbocycles. The van der Waals surface area contributed by atoms with E-state index in [9.17, 15) is 13.2 Å². The second-order valence-corrected chi connectivity index (χ2v) is 9.16. The van der Waals surface area contributed by atoms with Crippen molar-refractivity contribution in [1.29, 1.82) is 0 Å². The lowest BCUT2D eigenvalue weighted by Crippen LogP contribution is -2.36. The molecule has 0 aromatic carbocycles. The molecule has 1 heterocycles. The first-order valence-corrected chi connectivity index (χ1v) is 8.26. The van der Waals surface area contributed by atoms with Gasteiger partial charge in [-0.2, -0.15) is 0 Å². The van der Waals surface area contributed by atoms with Crippen molar-refractivity contribution in [2.45, 2.75) is 32.4 Å². The fourth-order valence-electron chi connectivity index (χ4n) is 2.26. The van der Waals surface area contributed by atoms with E-state index in [0.29, 0.717) is 13.1 Å². The van der Waals surface area contributed by atoms with E-state index in [-0.39, 0.29) is 23.6 Å². The molecule has 2 unspecified atom stereocenters. The first-order valence-electron chi connectivity index (χ1n) is 6.61. The minimum absolute atomic E-state index is 0.136. The quantitative estimate of drug-likeness (QED) is 0.721. The number of carbonyl (C=O) groups is 1. The molecule has 1 aliphatic rings. The number of hydrogen-bond acceptors (Lipinski definition) is 5. The Morgan fingerprint density at radius 2 is 1.89 bits per heavy atom. The minimum Gasteiger partial charge on any atom is -0.469 e. The van der Waals surface area contributed by atoms with Crippen LogP contribution >= 0.6 is 0 Å². The van der Waals surface area contributed by atoms with Crippen LogP contribution in [0.2, 0.25) is 0 Å². The monoisotopic (exact) mass is 291 g/mol. The van der Waals surface area contributed by atoms with Gasteiger partial charge in [0.25, 0.3) is 0 Å². The Morgan fingerprint density at radius 1 is 1.32 bits per heavy atom. The predicted octanol–water partition coefficient (Wildman–Crippen LogP) is 0.941. The Morgan fingerprint density at radius 3 is 2.37 bits per heavy atom. The highest BCUT2D eigenvalue weighted by Crippen LogP contribution is 2.24. The summed E-state index contributed by atoms with van der Waals surface area (Å²) in [6.07, 6.45) is 0. The summed E-state index contributed by atoms with van der Waals surface area (Å²) in [6, 6.07) is 0. The maximum Gasteiger partial charge on any atom is 0.310 e. The van der Waals surface area contributed by atoms with Gasteiger partial charge < -0.3 is 9.64 Å². The van der Waals surface area contributed by atoms with Crippen molar-refractivity contribution < 1.29 is 17.9 Å². The van der Waals surface area contributed by atoms with Crippen LogP contribution in [0.4, 0.5) is 0 Å². The molecule has 2 atom stereocenters. The van der Waals surface area contributed by atoms with Gasteiger partial charge in [-0.3, -0.25) is 4.79 Å². The molecule has 0 bridgehead atoms. The van der Waals surface area contributed by atoms with Crippen molar-refractivity contribution in [1.82, 2.24) is 4.90 Å². The third-order valence-corrected chi connectivity index (χ3v) is 6.39. The SMILES string of the molecule is COC(=O)C1CN(CCS(=O)(=O)C(C)(C)C)CC1C. The normalized spacial score (nSPS) is 25.5. The highest BCUT2D eigenvalue weighted by molar-refractivity contribution is 7.92. The van der Waals surface area contributed by atoms with Crippen molar-refractivity contribution in [3.8, 4) is 0 Å². The summed E-state index contributed by atoms with van der Waals surface area (Å²) in [4.78, 5) is 13.6. The molecule has 0 aromatic rings. The average molecular weight is 291 g/mol. The second kappa shape index (κ2) is 5.79. The van der Waals surface area contributed by atoms with Gasteiger partial charge in [-0.25, -0.2) is 8.42 Å². The van der Waals surface area contributed by atoms with Crippen LogP contribution in [-0.4, -0.2) is 56.5 Å². The zero-order valence-electron chi connectivity index (χ0n) is 12.5. The summed E-state index contributed by atoms with van der Waals surface area (Å²) in [5, 5.41) is 0. The number of esters is 1. The molecular weight excluding hydrogens is 266 g/mol. The summed E-state index contributed by atoms with van der Waals surface area (Å²) in [5.74, 6) is 0.0118. The maximum atomic E-state index is 12.0. The van der Waals surface area contributed by atoms with Crippen molar-refractivity contribution in [3.05, 3.63) is 0 Å². The predicted molar refractivity (Wildman–Crippen MR) is 74.6 cm³/mol. The summed E-state index contributed by atoms with van der Waals surface area (Å²) in [5.41, 5.74) is 0. The van der Waals surface area contributed by atoms with Gasteiger partial charge in [0.2, 0.25) is 0 Å². The molecule has 112 valence electrons. The fraction of sp³-hybridized carbons (Fsp3) is 0.923. The van der Waals surface area contributed by atoms with Gasteiger partial charge in [0.1, 0.15) is 0 Å². The molecule has 0 amide bonds. The van der Waals surface area contributed by atoms with Crippen LogP contribution in [0.5, 0.6) is 0 Å². The van der Waals surface area contributed by atoms with E-state index in [0.717, 1.165) is 6.54 Å². The molecule has 0 aromatic heterocycles. The van der Waals surface area contributed by atoms with Crippen LogP contribution in [-0.2, 0) is 19.4 Å². The van der Waals surface area contributed by atoms with Crippen molar-refractivity contribution >= 4 is 15.8 Å². The van der Waals surface area contributed by atoms with Gasteiger partial charge in [0.05, 0.1) is 23.5 Å². The van der Waals surface area contributed by atoms with E-state index in [2.05, 4.69) is 0 Å². The first-order chi connectivity index (χ1) is 8.58. The Labute approximate surface area is 116 Å². The van der Waals surface area contributed by atoms with Gasteiger partial charge in [0, 0.05) is 19.6 Å². The molecule has 6 heteroatoms. The highest BCUT2D eigenvalue weighted by atomic mass is 32.2. The smallest absolute Gasteiger partial charge is 0.310 e. The molecule has 0 aliphatic carbocycles. The van der Waals surface area contributed by atoms with Gasteiger partial charge in [-0.1, -0.05) is 6.92 Å². The molecule has 1 aliphatic heterocycles. The molecule has 0 N–H and O–H groups in total. The lowest BCUT2D eigenvalue weighted by atomic mass is 9.99. The summed E-state index contributed by atoms with van der Waals surface area (Å²) in [7, 11) is -1.71. The lowest BCUT2D eigenvalue weighted by molar-refractivity contribution is -0.146. The largest absolute Gasteiger partial charge is 0.469 e. The zero-order valence-corrected chi connectivity index (χ0v) is 13.3. The fourth-order valence-corrected chi connectivity index (χ4v) is 3.37. The molecule has 0 spiro atoms. The van der Waals surface area contributed by atoms with E-state index in [1.165, 1.54) is 7.11 Å². The second-order valence-electron chi connectivity index (χ2n) is 6.30. The third-order valence-electron chi connectivity index (χ3n) is 3.80. The van der Waals surface area contributed by atoms with Crippen molar-refractivity contribution in [2.75, 3.05) is 32.5 Å². The number of sulfone groups is 1. The summed E-state index contributed by atoms with van der Waals surface area (Å²) >= 11 is 0. The number of ether oxygens (including phenoxy) is 1. The van der Waals surface area contributed by atoms with Crippen molar-refractivity contribution in [3.63, 3.8) is 0 Å². The molecular formula is C13H25NO4S. The Hall–Kier alpha value is -0.620. The molecule has 19 heavy (non-hydrogen) atoms. The Bertz CT molecular complexity index is 424. The molecule has 1 fully saturated rings. The number of methoxy groups -OCH3 is 1. The maximum absolute atomic E-state index is 12.0. The van der Waals surface area contributed by atoms with Crippen LogP contribution in [0.3, 0.4) is 0 Å². The molecule has 1 saturated heterocycles. The number of rotatable bonds is 4. The molecule has 5 nitrogen and oxygen atoms in total. The number of carbonyl (C=O) groups excluding carboxylic acids is 1. The van der Waals surface area contributed by atoms with E-state index < -0.39 is 14.6 Å². The average Bonchev–Trinajstić information content (AvgIpc) is 2.65. The van der Waals surface area contributed by atoms with E-state index >= 15 is 0 Å². The topological polar surface area (TPSA) is 63.7 Å². The Kier molecular flexibility index (Phi) is 5.01. The first kappa shape index (κ1) is 16.4. The van der Waals surface area contributed by atoms with Crippen molar-refractivity contribution in [2.24, 2.45) is 11.8 Å². The van der Waals surface area contributed by atoms with Gasteiger partial charge in [-0.05, 0) is 26.7 Å². The van der Waals surface area contributed by atoms with Crippen LogP contribution < -0.4 is 0 Å². The van der Waals surface area contributed by atoms with E-state index in [1.807, 2.05) is 11.8 Å². The van der Waals surface area contributed by atoms with Gasteiger partial charge in [0.15, 0.2) is 9.84 Å². The number of likely N-dealkylation sites (tertiary alicyclic amines) is 1. The third kappa shape index (κ3) is 3.92. The van der Waals surface area contributed by atoms with Gasteiger partial charge >= 0.3 is 5.97 Å². The molecule has 1 rings (SSSR count). The van der Waals surface area contributed by atoms with E-state index in [1.54, 1.807) is 20.8 Å². The van der Waals surface area contributed by atoms with E-state index in [4.69, 9.17) is 4.74 Å². The van der Waals surface area contributed by atoms with Gasteiger partial charge in [-0.15, -0.1) is 0 Å². The number of hydrogen-bond donors (Lipinski definition) is 0. The van der Waals surface area contributed by atoms with Crippen LogP contribution in [0.15, 0.2) is 0 Å². The Balaban J connectivity index is 2.56. The van der Waals surface area contributed by atoms with Crippen LogP contribution in [0.25, 0.3) is 0 Å². The number of nitrogens with zero attached hydrogens (tertiary/aromatic N) is 1. The highest BCUT2D eigenvalue weighted by Gasteiger charge is 2.36. The molecule has 0 radical (unpaired) electrons. The lowest BCUT2D eigenvalue weighted by Gasteiger charge is -2.22. The van der Waals surface area contributed by atoms with Crippen LogP contribution in [0.1, 0.15) is 27.7 Å². The minimum atomic E-state index is -3.10. The zero-order chi connectivity index (χ0) is 14.8. The summed E-state index contributed by atoms with van der Waals surface area (Å²) in [6.45, 7) is 8.97. The standard InChI is InChI=1S/C13H25NO4S/c1-10-8-14(9-11(10)12(15)18-5)6-7-19(16,17)13(2,3)4/h10-11H,6-9H2,1-5H3. The van der Waals surface area contributed by atoms with Crippen LogP contribution in [0, 0.1) is 11.8 Å². The summed E-state index contributed by atoms with van der Waals surface area (Å²) < 4.78 is 28.1.